The standard InChI is InChI=1S/C22H17ClO6/c1-26-16-7-3-14(4-8-16)21(24)28-18-11-12-20(19(23)13-18)29-22(25)15-5-9-17(27-2)10-6-15/h3-13H,1-2H3. The SMILES string of the molecule is COc1ccc(C(=O)Oc2ccc(OC(=O)c3ccc(OC)cc3)c(Cl)c2)cc1. The van der Waals surface area contributed by atoms with Gasteiger partial charge in [0.15, 0.2) is 0 Å². The quantitative estimate of drug-likeness (QED) is 0.428. The van der Waals surface area contributed by atoms with Gasteiger partial charge in [0.1, 0.15) is 23.0 Å². The predicted octanol–water partition coefficient (Wildman–Crippen LogP) is 4.80. The summed E-state index contributed by atoms with van der Waals surface area (Å²) in [6.07, 6.45) is 0. The number of hydrogen-bond donors (Lipinski definition) is 0. The highest BCUT2D eigenvalue weighted by Gasteiger charge is 2.14. The number of ether oxygens (including phenoxy) is 4. The number of halogens is 1. The first-order chi connectivity index (χ1) is 14.0. The van der Waals surface area contributed by atoms with Gasteiger partial charge >= 0.3 is 11.9 Å². The van der Waals surface area contributed by atoms with Crippen molar-refractivity contribution in [2.24, 2.45) is 0 Å². The van der Waals surface area contributed by atoms with Crippen LogP contribution in [0.5, 0.6) is 23.0 Å². The van der Waals surface area contributed by atoms with Crippen LogP contribution in [0.4, 0.5) is 0 Å². The smallest absolute Gasteiger partial charge is 0.343 e. The molecule has 29 heavy (non-hydrogen) atoms. The molecule has 0 saturated carbocycles. The van der Waals surface area contributed by atoms with Gasteiger partial charge in [-0.25, -0.2) is 9.59 Å². The van der Waals surface area contributed by atoms with Crippen molar-refractivity contribution in [1.82, 2.24) is 0 Å². The van der Waals surface area contributed by atoms with Crippen molar-refractivity contribution >= 4 is 23.5 Å². The van der Waals surface area contributed by atoms with E-state index in [-0.39, 0.29) is 16.5 Å². The first-order valence-corrected chi connectivity index (χ1v) is 8.90. The van der Waals surface area contributed by atoms with E-state index in [4.69, 9.17) is 30.5 Å². The summed E-state index contributed by atoms with van der Waals surface area (Å²) < 4.78 is 20.7. The fraction of sp³-hybridized carbons (Fsp3) is 0.0909. The van der Waals surface area contributed by atoms with Gasteiger partial charge in [0.2, 0.25) is 0 Å². The minimum absolute atomic E-state index is 0.131. The number of rotatable bonds is 6. The largest absolute Gasteiger partial charge is 0.497 e. The van der Waals surface area contributed by atoms with E-state index in [0.717, 1.165) is 0 Å². The van der Waals surface area contributed by atoms with Crippen LogP contribution >= 0.6 is 11.6 Å². The molecular weight excluding hydrogens is 396 g/mol. The molecule has 0 bridgehead atoms. The first-order valence-electron chi connectivity index (χ1n) is 8.52. The number of carbonyl (C=O) groups is 2. The minimum Gasteiger partial charge on any atom is -0.497 e. The number of benzene rings is 3. The summed E-state index contributed by atoms with van der Waals surface area (Å²) in [7, 11) is 3.08. The molecule has 0 atom stereocenters. The third-order valence-electron chi connectivity index (χ3n) is 3.97. The summed E-state index contributed by atoms with van der Waals surface area (Å²) in [6.45, 7) is 0. The lowest BCUT2D eigenvalue weighted by molar-refractivity contribution is 0.0719. The van der Waals surface area contributed by atoms with Crippen LogP contribution in [-0.4, -0.2) is 26.2 Å². The summed E-state index contributed by atoms with van der Waals surface area (Å²) in [5.41, 5.74) is 0.703. The molecule has 3 rings (SSSR count). The number of carbonyl (C=O) groups excluding carboxylic acids is 2. The maximum Gasteiger partial charge on any atom is 0.343 e. The molecular formula is C22H17ClO6. The van der Waals surface area contributed by atoms with Crippen LogP contribution in [0, 0.1) is 0 Å². The molecule has 0 unspecified atom stereocenters. The van der Waals surface area contributed by atoms with E-state index in [1.165, 1.54) is 25.3 Å². The van der Waals surface area contributed by atoms with Crippen molar-refractivity contribution in [3.8, 4) is 23.0 Å². The van der Waals surface area contributed by atoms with Gasteiger partial charge in [-0.2, -0.15) is 0 Å². The Morgan fingerprint density at radius 1 is 0.655 bits per heavy atom. The first kappa shape index (κ1) is 20.2. The van der Waals surface area contributed by atoms with Crippen LogP contribution in [0.15, 0.2) is 66.7 Å². The average molecular weight is 413 g/mol. The van der Waals surface area contributed by atoms with Crippen LogP contribution in [0.3, 0.4) is 0 Å². The summed E-state index contributed by atoms with van der Waals surface area (Å²) in [6, 6.07) is 17.3. The van der Waals surface area contributed by atoms with Gasteiger partial charge in [-0.05, 0) is 60.7 Å². The Bertz CT molecular complexity index is 1010. The van der Waals surface area contributed by atoms with Gasteiger partial charge in [-0.3, -0.25) is 0 Å². The van der Waals surface area contributed by atoms with Crippen LogP contribution in [0.2, 0.25) is 5.02 Å². The number of esters is 2. The molecule has 7 heteroatoms. The van der Waals surface area contributed by atoms with E-state index in [2.05, 4.69) is 0 Å². The maximum absolute atomic E-state index is 12.2. The fourth-order valence-corrected chi connectivity index (χ4v) is 2.62. The molecule has 0 N–H and O–H groups in total. The molecule has 0 aromatic heterocycles. The third kappa shape index (κ3) is 5.06. The molecule has 0 heterocycles. The predicted molar refractivity (Wildman–Crippen MR) is 107 cm³/mol. The van der Waals surface area contributed by atoms with Crippen molar-refractivity contribution in [2.45, 2.75) is 0 Å². The van der Waals surface area contributed by atoms with Crippen molar-refractivity contribution in [2.75, 3.05) is 14.2 Å². The van der Waals surface area contributed by atoms with Crippen molar-refractivity contribution < 1.29 is 28.5 Å². The third-order valence-corrected chi connectivity index (χ3v) is 4.26. The Morgan fingerprint density at radius 3 is 1.55 bits per heavy atom. The van der Waals surface area contributed by atoms with Crippen molar-refractivity contribution in [3.63, 3.8) is 0 Å². The Balaban J connectivity index is 1.67. The second kappa shape index (κ2) is 9.12. The van der Waals surface area contributed by atoms with Crippen LogP contribution in [-0.2, 0) is 0 Å². The number of methoxy groups -OCH3 is 2. The lowest BCUT2D eigenvalue weighted by atomic mass is 10.2. The fourth-order valence-electron chi connectivity index (χ4n) is 2.41. The summed E-state index contributed by atoms with van der Waals surface area (Å²) in [5.74, 6) is 0.510. The maximum atomic E-state index is 12.2. The van der Waals surface area contributed by atoms with E-state index in [9.17, 15) is 9.59 Å². The molecule has 0 saturated heterocycles. The second-order valence-corrected chi connectivity index (χ2v) is 6.24. The van der Waals surface area contributed by atoms with Gasteiger partial charge in [-0.15, -0.1) is 0 Å². The lowest BCUT2D eigenvalue weighted by Gasteiger charge is -2.09. The molecule has 0 fully saturated rings. The zero-order chi connectivity index (χ0) is 20.8. The van der Waals surface area contributed by atoms with E-state index >= 15 is 0 Å². The Hall–Kier alpha value is -3.51. The number of hydrogen-bond acceptors (Lipinski definition) is 6. The molecule has 6 nitrogen and oxygen atoms in total. The highest BCUT2D eigenvalue weighted by Crippen LogP contribution is 2.30. The van der Waals surface area contributed by atoms with Crippen LogP contribution < -0.4 is 18.9 Å². The second-order valence-electron chi connectivity index (χ2n) is 5.83. The summed E-state index contributed by atoms with van der Waals surface area (Å²) in [4.78, 5) is 24.5. The molecule has 148 valence electrons. The highest BCUT2D eigenvalue weighted by molar-refractivity contribution is 6.32. The molecule has 0 spiro atoms. The van der Waals surface area contributed by atoms with E-state index < -0.39 is 11.9 Å². The van der Waals surface area contributed by atoms with Gasteiger partial charge in [0.05, 0.1) is 30.4 Å². The van der Waals surface area contributed by atoms with E-state index in [1.54, 1.807) is 55.6 Å². The van der Waals surface area contributed by atoms with Gasteiger partial charge < -0.3 is 18.9 Å². The zero-order valence-corrected chi connectivity index (χ0v) is 16.4. The van der Waals surface area contributed by atoms with Gasteiger partial charge in [0, 0.05) is 6.07 Å². The topological polar surface area (TPSA) is 71.1 Å². The van der Waals surface area contributed by atoms with Gasteiger partial charge in [-0.1, -0.05) is 11.6 Å². The van der Waals surface area contributed by atoms with Crippen molar-refractivity contribution in [3.05, 3.63) is 82.9 Å². The summed E-state index contributed by atoms with van der Waals surface area (Å²) in [5, 5.41) is 0.131. The highest BCUT2D eigenvalue weighted by atomic mass is 35.5. The minimum atomic E-state index is -0.572. The molecule has 0 aliphatic heterocycles. The van der Waals surface area contributed by atoms with E-state index in [1.807, 2.05) is 0 Å². The van der Waals surface area contributed by atoms with Gasteiger partial charge in [0.25, 0.3) is 0 Å². The monoisotopic (exact) mass is 412 g/mol. The van der Waals surface area contributed by atoms with E-state index in [0.29, 0.717) is 22.6 Å². The molecule has 0 aliphatic carbocycles. The lowest BCUT2D eigenvalue weighted by Crippen LogP contribution is -2.10. The molecule has 3 aromatic rings. The Morgan fingerprint density at radius 2 is 1.10 bits per heavy atom. The van der Waals surface area contributed by atoms with Crippen molar-refractivity contribution in [1.29, 1.82) is 0 Å². The Labute approximate surface area is 172 Å². The Kier molecular flexibility index (Phi) is 6.36. The average Bonchev–Trinajstić information content (AvgIpc) is 2.75. The molecule has 0 radical (unpaired) electrons. The van der Waals surface area contributed by atoms with Crippen LogP contribution in [0.1, 0.15) is 20.7 Å². The molecule has 0 amide bonds. The molecule has 0 aliphatic rings. The zero-order valence-electron chi connectivity index (χ0n) is 15.7. The van der Waals surface area contributed by atoms with Crippen LogP contribution in [0.25, 0.3) is 0 Å². The normalized spacial score (nSPS) is 10.2. The molecule has 3 aromatic carbocycles. The summed E-state index contributed by atoms with van der Waals surface area (Å²) >= 11 is 6.17.